The van der Waals surface area contributed by atoms with Crippen LogP contribution in [0.3, 0.4) is 0 Å². The first-order valence-corrected chi connectivity index (χ1v) is 11.2. The van der Waals surface area contributed by atoms with Gasteiger partial charge in [-0.15, -0.1) is 10.2 Å². The number of imidazole rings is 1. The topological polar surface area (TPSA) is 130 Å². The highest BCUT2D eigenvalue weighted by Crippen LogP contribution is 2.37. The molecule has 4 rings (SSSR count). The predicted molar refractivity (Wildman–Crippen MR) is 122 cm³/mol. The maximum Gasteiger partial charge on any atom is 0.435 e. The third-order valence-corrected chi connectivity index (χ3v) is 5.53. The predicted octanol–water partition coefficient (Wildman–Crippen LogP) is 4.75. The van der Waals surface area contributed by atoms with E-state index in [0.29, 0.717) is 24.4 Å². The molecule has 0 amide bonds. The highest BCUT2D eigenvalue weighted by Gasteiger charge is 2.41. The van der Waals surface area contributed by atoms with Crippen LogP contribution in [0.5, 0.6) is 5.75 Å². The number of unbranched alkanes of at least 4 members (excludes halogenated alkanes) is 1. The molecule has 3 N–H and O–H groups in total. The van der Waals surface area contributed by atoms with Gasteiger partial charge in [-0.1, -0.05) is 49.7 Å². The molecule has 1 unspecified atom stereocenters. The molecule has 12 heteroatoms. The Bertz CT molecular complexity index is 1290. The number of carboxylic acids is 1. The van der Waals surface area contributed by atoms with Gasteiger partial charge in [0.25, 0.3) is 0 Å². The van der Waals surface area contributed by atoms with Crippen molar-refractivity contribution in [3.8, 4) is 17.1 Å². The monoisotopic (exact) mass is 500 g/mol. The van der Waals surface area contributed by atoms with E-state index >= 15 is 0 Å². The smallest absolute Gasteiger partial charge is 0.435 e. The van der Waals surface area contributed by atoms with Gasteiger partial charge in [-0.3, -0.25) is 4.79 Å². The first-order valence-electron chi connectivity index (χ1n) is 11.2. The van der Waals surface area contributed by atoms with Gasteiger partial charge in [0.1, 0.15) is 24.1 Å². The minimum absolute atomic E-state index is 0.121. The third kappa shape index (κ3) is 5.70. The molecule has 0 aliphatic rings. The highest BCUT2D eigenvalue weighted by molar-refractivity contribution is 5.80. The molecule has 0 saturated carbocycles. The Labute approximate surface area is 203 Å². The number of carboxylic acid groups (broad SMARTS) is 1. The van der Waals surface area contributed by atoms with Crippen LogP contribution in [0.25, 0.3) is 11.4 Å². The molecular formula is C24H23F3N6O3. The number of nitrogens with one attached hydrogen (secondary N) is 2. The van der Waals surface area contributed by atoms with Crippen LogP contribution in [0.4, 0.5) is 13.2 Å². The van der Waals surface area contributed by atoms with Gasteiger partial charge < -0.3 is 14.8 Å². The molecule has 36 heavy (non-hydrogen) atoms. The fraction of sp³-hybridized carbons (Fsp3) is 0.292. The van der Waals surface area contributed by atoms with Crippen LogP contribution in [0.1, 0.15) is 54.0 Å². The van der Waals surface area contributed by atoms with Gasteiger partial charge in [0, 0.05) is 12.0 Å². The number of halogens is 3. The lowest BCUT2D eigenvalue weighted by atomic mass is 9.94. The number of aryl methyl sites for hydroxylation is 1. The van der Waals surface area contributed by atoms with Crippen molar-refractivity contribution in [1.29, 1.82) is 0 Å². The Hall–Kier alpha value is -4.22. The van der Waals surface area contributed by atoms with Crippen LogP contribution in [0, 0.1) is 0 Å². The number of nitrogens with zero attached hydrogens (tertiary/aromatic N) is 4. The number of hydrogen-bond acceptors (Lipinski definition) is 6. The second-order valence-electron chi connectivity index (χ2n) is 8.11. The Morgan fingerprint density at radius 1 is 1.11 bits per heavy atom. The van der Waals surface area contributed by atoms with E-state index in [1.165, 1.54) is 24.3 Å². The van der Waals surface area contributed by atoms with Crippen LogP contribution in [0.2, 0.25) is 0 Å². The number of aliphatic carboxylic acids is 1. The number of aromatic nitrogens is 6. The van der Waals surface area contributed by atoms with E-state index in [-0.39, 0.29) is 18.0 Å². The molecule has 0 bridgehead atoms. The van der Waals surface area contributed by atoms with Crippen molar-refractivity contribution in [1.82, 2.24) is 30.6 Å². The summed E-state index contributed by atoms with van der Waals surface area (Å²) < 4.78 is 46.7. The third-order valence-electron chi connectivity index (χ3n) is 5.53. The summed E-state index contributed by atoms with van der Waals surface area (Å²) in [6.07, 6.45) is -3.08. The van der Waals surface area contributed by atoms with E-state index in [2.05, 4.69) is 30.6 Å². The molecule has 9 nitrogen and oxygen atoms in total. The molecule has 0 fully saturated rings. The van der Waals surface area contributed by atoms with Gasteiger partial charge in [0.05, 0.1) is 5.69 Å². The number of rotatable bonds is 10. The lowest BCUT2D eigenvalue weighted by molar-refractivity contribution is -0.143. The van der Waals surface area contributed by atoms with Gasteiger partial charge in [-0.2, -0.15) is 18.4 Å². The molecular weight excluding hydrogens is 477 g/mol. The molecule has 0 saturated heterocycles. The Balaban J connectivity index is 1.50. The van der Waals surface area contributed by atoms with Crippen LogP contribution in [-0.2, 0) is 24.0 Å². The van der Waals surface area contributed by atoms with Crippen molar-refractivity contribution in [3.05, 3.63) is 76.9 Å². The zero-order chi connectivity index (χ0) is 25.7. The quantitative estimate of drug-likeness (QED) is 0.287. The summed E-state index contributed by atoms with van der Waals surface area (Å²) in [4.78, 5) is 18.3. The molecule has 0 radical (unpaired) electrons. The van der Waals surface area contributed by atoms with Crippen molar-refractivity contribution in [3.63, 3.8) is 0 Å². The molecule has 0 aliphatic carbocycles. The average molecular weight is 500 g/mol. The van der Waals surface area contributed by atoms with E-state index in [1.54, 1.807) is 0 Å². The van der Waals surface area contributed by atoms with E-state index in [4.69, 9.17) is 4.74 Å². The van der Waals surface area contributed by atoms with Crippen LogP contribution in [-0.4, -0.2) is 41.7 Å². The van der Waals surface area contributed by atoms with E-state index in [1.807, 2.05) is 31.2 Å². The largest absolute Gasteiger partial charge is 0.489 e. The number of tetrazole rings is 1. The van der Waals surface area contributed by atoms with Gasteiger partial charge in [0.2, 0.25) is 5.82 Å². The number of carbonyl (C=O) groups is 1. The lowest BCUT2D eigenvalue weighted by Crippen LogP contribution is -2.19. The van der Waals surface area contributed by atoms with Crippen molar-refractivity contribution < 1.29 is 27.8 Å². The van der Waals surface area contributed by atoms with Gasteiger partial charge in [-0.05, 0) is 34.9 Å². The number of benzene rings is 2. The van der Waals surface area contributed by atoms with Crippen molar-refractivity contribution >= 4 is 5.97 Å². The minimum Gasteiger partial charge on any atom is -0.489 e. The van der Waals surface area contributed by atoms with Crippen LogP contribution < -0.4 is 4.74 Å². The van der Waals surface area contributed by atoms with Gasteiger partial charge in [-0.25, -0.2) is 4.98 Å². The number of ether oxygens (including phenoxy) is 1. The average Bonchev–Trinajstić information content (AvgIpc) is 3.53. The van der Waals surface area contributed by atoms with Crippen LogP contribution >= 0.6 is 0 Å². The summed E-state index contributed by atoms with van der Waals surface area (Å²) in [6.45, 7) is 2.14. The Kier molecular flexibility index (Phi) is 7.32. The summed E-state index contributed by atoms with van der Waals surface area (Å²) in [5.74, 6) is -1.95. The molecule has 1 atom stereocenters. The normalized spacial score (nSPS) is 12.4. The van der Waals surface area contributed by atoms with E-state index in [0.717, 1.165) is 17.5 Å². The summed E-state index contributed by atoms with van der Waals surface area (Å²) in [5.41, 5.74) is 0.144. The highest BCUT2D eigenvalue weighted by atomic mass is 19.4. The number of H-pyrrole nitrogens is 2. The first kappa shape index (κ1) is 24.9. The number of alkyl halides is 3. The maximum absolute atomic E-state index is 13.6. The standard InChI is InChI=1S/C24H23F3N6O3/c1-2-3-4-18-28-20(21(29-18)24(25,26)27)19(23(34)35)15-9-11-17(12-10-15)36-13-14-5-7-16(8-6-14)22-30-32-33-31-22/h5-12,19H,2-4,13H2,1H3,(H,28,29)(H,34,35)(H,30,31,32,33). The fourth-order valence-electron chi connectivity index (χ4n) is 3.72. The second kappa shape index (κ2) is 10.6. The van der Waals surface area contributed by atoms with Crippen molar-refractivity contribution in [2.24, 2.45) is 0 Å². The summed E-state index contributed by atoms with van der Waals surface area (Å²) in [7, 11) is 0. The van der Waals surface area contributed by atoms with E-state index < -0.39 is 29.5 Å². The Morgan fingerprint density at radius 3 is 2.42 bits per heavy atom. The first-order chi connectivity index (χ1) is 17.3. The van der Waals surface area contributed by atoms with E-state index in [9.17, 15) is 23.1 Å². The molecule has 0 spiro atoms. The zero-order valence-electron chi connectivity index (χ0n) is 19.2. The zero-order valence-corrected chi connectivity index (χ0v) is 19.2. The SMILES string of the molecule is CCCCc1nc(C(F)(F)F)c(C(C(=O)O)c2ccc(OCc3ccc(-c4nn[nH]n4)cc3)cc2)[nH]1. The molecule has 2 aromatic carbocycles. The van der Waals surface area contributed by atoms with Gasteiger partial charge in [0.15, 0.2) is 5.69 Å². The van der Waals surface area contributed by atoms with Crippen molar-refractivity contribution in [2.45, 2.75) is 44.9 Å². The summed E-state index contributed by atoms with van der Waals surface area (Å²) in [6, 6.07) is 13.3. The second-order valence-corrected chi connectivity index (χ2v) is 8.11. The summed E-state index contributed by atoms with van der Waals surface area (Å²) >= 11 is 0. The van der Waals surface area contributed by atoms with Crippen LogP contribution in [0.15, 0.2) is 48.5 Å². The van der Waals surface area contributed by atoms with Gasteiger partial charge >= 0.3 is 12.1 Å². The molecule has 2 aromatic heterocycles. The fourth-order valence-corrected chi connectivity index (χ4v) is 3.72. The molecule has 188 valence electrons. The number of aromatic amines is 2. The maximum atomic E-state index is 13.6. The molecule has 4 aromatic rings. The minimum atomic E-state index is -4.79. The summed E-state index contributed by atoms with van der Waals surface area (Å²) in [5, 5.41) is 23.5. The van der Waals surface area contributed by atoms with Crippen molar-refractivity contribution in [2.75, 3.05) is 0 Å². The lowest BCUT2D eigenvalue weighted by Gasteiger charge is -2.15. The molecule has 0 aliphatic heterocycles. The molecule has 2 heterocycles. The number of hydrogen-bond donors (Lipinski definition) is 3. The Morgan fingerprint density at radius 2 is 1.83 bits per heavy atom.